The highest BCUT2D eigenvalue weighted by Gasteiger charge is 2.32. The van der Waals surface area contributed by atoms with Crippen LogP contribution in [0.4, 0.5) is 0 Å². The van der Waals surface area contributed by atoms with Crippen molar-refractivity contribution in [1.29, 1.82) is 0 Å². The monoisotopic (exact) mass is 358 g/mol. The van der Waals surface area contributed by atoms with E-state index in [0.29, 0.717) is 0 Å². The number of nitrogens with zero attached hydrogens (tertiary/aromatic N) is 3. The second kappa shape index (κ2) is 7.30. The van der Waals surface area contributed by atoms with Gasteiger partial charge in [0.05, 0.1) is 4.88 Å². The lowest BCUT2D eigenvalue weighted by Crippen LogP contribution is -2.49. The van der Waals surface area contributed by atoms with E-state index in [4.69, 9.17) is 0 Å². The van der Waals surface area contributed by atoms with Crippen molar-refractivity contribution in [3.05, 3.63) is 39.6 Å². The highest BCUT2D eigenvalue weighted by atomic mass is 32.1. The van der Waals surface area contributed by atoms with Gasteiger partial charge in [-0.1, -0.05) is 12.8 Å². The van der Waals surface area contributed by atoms with Crippen LogP contribution in [-0.4, -0.2) is 40.0 Å². The van der Waals surface area contributed by atoms with E-state index in [1.807, 2.05) is 28.9 Å². The first-order chi connectivity index (χ1) is 12.2. The molecular weight excluding hydrogens is 332 g/mol. The summed E-state index contributed by atoms with van der Waals surface area (Å²) in [6.45, 7) is 2.35. The summed E-state index contributed by atoms with van der Waals surface area (Å²) >= 11 is 1.72. The van der Waals surface area contributed by atoms with Crippen LogP contribution in [-0.2, 0) is 19.9 Å². The molecule has 2 aromatic heterocycles. The van der Waals surface area contributed by atoms with Gasteiger partial charge < -0.3 is 14.8 Å². The Morgan fingerprint density at radius 2 is 2.12 bits per heavy atom. The fourth-order valence-electron chi connectivity index (χ4n) is 3.97. The number of fused-ring (bicyclic) bond motifs is 1. The van der Waals surface area contributed by atoms with Crippen LogP contribution in [0.5, 0.6) is 0 Å². The second-order valence-electron chi connectivity index (χ2n) is 7.09. The van der Waals surface area contributed by atoms with Crippen molar-refractivity contribution in [1.82, 2.24) is 19.8 Å². The van der Waals surface area contributed by atoms with Crippen LogP contribution in [0.3, 0.4) is 0 Å². The summed E-state index contributed by atoms with van der Waals surface area (Å²) in [7, 11) is 2.00. The number of hydrogen-bond acceptors (Lipinski definition) is 4. The standard InChI is InChI=1S/C19H26N4OS/c1-22-10-9-21-18(22)15-13-20-8-11-23(15)19(24)17-12-14-6-4-2-3-5-7-16(14)25-17/h9-10,12,15,20H,2-8,11,13H2,1H3. The molecule has 2 aromatic rings. The molecule has 0 spiro atoms. The van der Waals surface area contributed by atoms with Crippen molar-refractivity contribution in [3.8, 4) is 0 Å². The number of hydrogen-bond donors (Lipinski definition) is 1. The van der Waals surface area contributed by atoms with Crippen molar-refractivity contribution in [2.75, 3.05) is 19.6 Å². The first-order valence-electron chi connectivity index (χ1n) is 9.34. The van der Waals surface area contributed by atoms with E-state index in [0.717, 1.165) is 43.2 Å². The average molecular weight is 359 g/mol. The molecule has 1 aliphatic heterocycles. The first-order valence-corrected chi connectivity index (χ1v) is 10.2. The van der Waals surface area contributed by atoms with E-state index in [-0.39, 0.29) is 11.9 Å². The summed E-state index contributed by atoms with van der Waals surface area (Å²) in [4.78, 5) is 22.1. The number of rotatable bonds is 2. The third kappa shape index (κ3) is 3.37. The van der Waals surface area contributed by atoms with Crippen molar-refractivity contribution in [3.63, 3.8) is 0 Å². The molecule has 6 heteroatoms. The topological polar surface area (TPSA) is 50.2 Å². The summed E-state index contributed by atoms with van der Waals surface area (Å²) in [5.74, 6) is 1.13. The van der Waals surface area contributed by atoms with Gasteiger partial charge in [0.15, 0.2) is 0 Å². The summed E-state index contributed by atoms with van der Waals surface area (Å²) in [5, 5.41) is 3.41. The highest BCUT2D eigenvalue weighted by Crippen LogP contribution is 2.31. The number of amides is 1. The van der Waals surface area contributed by atoms with E-state index in [1.165, 1.54) is 36.1 Å². The zero-order valence-corrected chi connectivity index (χ0v) is 15.6. The molecule has 5 nitrogen and oxygen atoms in total. The Bertz CT molecular complexity index is 725. The van der Waals surface area contributed by atoms with E-state index >= 15 is 0 Å². The van der Waals surface area contributed by atoms with Gasteiger partial charge in [0.25, 0.3) is 5.91 Å². The minimum Gasteiger partial charge on any atom is -0.336 e. The number of carbonyl (C=O) groups excluding carboxylic acids is 1. The van der Waals surface area contributed by atoms with Crippen LogP contribution >= 0.6 is 11.3 Å². The van der Waals surface area contributed by atoms with Crippen molar-refractivity contribution >= 4 is 17.2 Å². The normalized spacial score (nSPS) is 21.5. The number of imidazole rings is 1. The van der Waals surface area contributed by atoms with Gasteiger partial charge >= 0.3 is 0 Å². The van der Waals surface area contributed by atoms with Gasteiger partial charge in [-0.2, -0.15) is 0 Å². The molecule has 1 atom stereocenters. The number of carbonyl (C=O) groups is 1. The lowest BCUT2D eigenvalue weighted by molar-refractivity contribution is 0.0626. The number of aryl methyl sites for hydroxylation is 3. The SMILES string of the molecule is Cn1ccnc1C1CNCCN1C(=O)c1cc2c(s1)CCCCCC2. The zero-order chi connectivity index (χ0) is 17.2. The van der Waals surface area contributed by atoms with E-state index in [9.17, 15) is 4.79 Å². The van der Waals surface area contributed by atoms with Crippen molar-refractivity contribution in [2.45, 2.75) is 44.6 Å². The number of aromatic nitrogens is 2. The highest BCUT2D eigenvalue weighted by molar-refractivity contribution is 7.14. The molecule has 134 valence electrons. The molecule has 1 fully saturated rings. The largest absolute Gasteiger partial charge is 0.336 e. The molecule has 1 N–H and O–H groups in total. The van der Waals surface area contributed by atoms with Crippen LogP contribution in [0.25, 0.3) is 0 Å². The van der Waals surface area contributed by atoms with Gasteiger partial charge in [-0.25, -0.2) is 4.98 Å². The molecule has 0 saturated carbocycles. The molecular formula is C19H26N4OS. The molecule has 25 heavy (non-hydrogen) atoms. The zero-order valence-electron chi connectivity index (χ0n) is 14.8. The Hall–Kier alpha value is -1.66. The van der Waals surface area contributed by atoms with E-state index < -0.39 is 0 Å². The molecule has 4 rings (SSSR count). The maximum Gasteiger partial charge on any atom is 0.264 e. The maximum atomic E-state index is 13.3. The lowest BCUT2D eigenvalue weighted by atomic mass is 9.99. The molecule has 0 aromatic carbocycles. The first kappa shape index (κ1) is 16.8. The van der Waals surface area contributed by atoms with Gasteiger partial charge in [-0.15, -0.1) is 11.3 Å². The molecule has 3 heterocycles. The fraction of sp³-hybridized carbons (Fsp3) is 0.579. The quantitative estimate of drug-likeness (QED) is 0.898. The van der Waals surface area contributed by atoms with Gasteiger partial charge in [0, 0.05) is 44.0 Å². The minimum atomic E-state index is 0.00549. The smallest absolute Gasteiger partial charge is 0.264 e. The molecule has 0 radical (unpaired) electrons. The predicted molar refractivity (Wildman–Crippen MR) is 100 cm³/mol. The van der Waals surface area contributed by atoms with Crippen molar-refractivity contribution in [2.24, 2.45) is 7.05 Å². The van der Waals surface area contributed by atoms with Gasteiger partial charge in [-0.3, -0.25) is 4.79 Å². The molecule has 1 unspecified atom stereocenters. The molecule has 0 bridgehead atoms. The molecule has 2 aliphatic rings. The van der Waals surface area contributed by atoms with Crippen molar-refractivity contribution < 1.29 is 4.79 Å². The summed E-state index contributed by atoms with van der Waals surface area (Å²) in [6.07, 6.45) is 11.2. The maximum absolute atomic E-state index is 13.3. The number of piperazine rings is 1. The third-order valence-corrected chi connectivity index (χ3v) is 6.59. The van der Waals surface area contributed by atoms with E-state index in [2.05, 4.69) is 16.4 Å². The Balaban J connectivity index is 1.60. The molecule has 1 saturated heterocycles. The Morgan fingerprint density at radius 3 is 2.92 bits per heavy atom. The van der Waals surface area contributed by atoms with Gasteiger partial charge in [0.2, 0.25) is 0 Å². The van der Waals surface area contributed by atoms with E-state index in [1.54, 1.807) is 11.3 Å². The Kier molecular flexibility index (Phi) is 4.90. The summed E-state index contributed by atoms with van der Waals surface area (Å²) in [5.41, 5.74) is 1.41. The Labute approximate surface area is 153 Å². The number of nitrogens with one attached hydrogen (secondary N) is 1. The lowest BCUT2D eigenvalue weighted by Gasteiger charge is -2.35. The van der Waals surface area contributed by atoms with Crippen LogP contribution in [0.2, 0.25) is 0 Å². The molecule has 1 amide bonds. The minimum absolute atomic E-state index is 0.00549. The number of thiophene rings is 1. The molecule has 1 aliphatic carbocycles. The van der Waals surface area contributed by atoms with Crippen LogP contribution < -0.4 is 5.32 Å². The van der Waals surface area contributed by atoms with Gasteiger partial charge in [-0.05, 0) is 37.3 Å². The average Bonchev–Trinajstić information content (AvgIpc) is 3.20. The van der Waals surface area contributed by atoms with Crippen LogP contribution in [0.15, 0.2) is 18.5 Å². The fourth-order valence-corrected chi connectivity index (χ4v) is 5.18. The summed E-state index contributed by atoms with van der Waals surface area (Å²) < 4.78 is 2.02. The third-order valence-electron chi connectivity index (χ3n) is 5.37. The van der Waals surface area contributed by atoms with Crippen LogP contribution in [0, 0.1) is 0 Å². The van der Waals surface area contributed by atoms with Crippen LogP contribution in [0.1, 0.15) is 57.7 Å². The van der Waals surface area contributed by atoms with Gasteiger partial charge in [0.1, 0.15) is 11.9 Å². The predicted octanol–water partition coefficient (Wildman–Crippen LogP) is 2.93. The second-order valence-corrected chi connectivity index (χ2v) is 8.22. The Morgan fingerprint density at radius 1 is 1.28 bits per heavy atom. The summed E-state index contributed by atoms with van der Waals surface area (Å²) in [6, 6.07) is 2.18.